The predicted molar refractivity (Wildman–Crippen MR) is 123 cm³/mol. The van der Waals surface area contributed by atoms with Gasteiger partial charge in [0, 0.05) is 22.6 Å². The fourth-order valence-electron chi connectivity index (χ4n) is 3.69. The van der Waals surface area contributed by atoms with Gasteiger partial charge >= 0.3 is 6.18 Å². The van der Waals surface area contributed by atoms with Crippen molar-refractivity contribution in [3.8, 4) is 0 Å². The smallest absolute Gasteiger partial charge is 0.243 e. The monoisotopic (exact) mass is 482 g/mol. The Morgan fingerprint density at radius 1 is 0.938 bits per heavy atom. The van der Waals surface area contributed by atoms with E-state index >= 15 is 0 Å². The van der Waals surface area contributed by atoms with Crippen molar-refractivity contribution in [1.82, 2.24) is 9.71 Å². The molecule has 0 aliphatic rings. The molecule has 2 aromatic carbocycles. The molecule has 0 bridgehead atoms. The third-order valence-corrected chi connectivity index (χ3v) is 8.61. The molecule has 1 aromatic heterocycles. The van der Waals surface area contributed by atoms with Gasteiger partial charge in [0.1, 0.15) is 5.69 Å². The zero-order valence-corrected chi connectivity index (χ0v) is 20.1. The molecule has 0 aliphatic heterocycles. The standard InChI is InChI=1S/C23H25F3N2O2S2/c1-13-14(2)16(4)22(17(5)15(13)3)32(29,30)27-10-11-31-20-12-21(23(24,25)26)28-19-9-7-6-8-18(19)20/h6-9,12,27H,10-11H2,1-5H3. The molecule has 32 heavy (non-hydrogen) atoms. The quantitative estimate of drug-likeness (QED) is 0.353. The highest BCUT2D eigenvalue weighted by Gasteiger charge is 2.33. The van der Waals surface area contributed by atoms with Gasteiger partial charge in [-0.15, -0.1) is 11.8 Å². The van der Waals surface area contributed by atoms with Crippen LogP contribution >= 0.6 is 11.8 Å². The minimum atomic E-state index is -4.56. The Bertz CT molecular complexity index is 1260. The number of pyridine rings is 1. The minimum Gasteiger partial charge on any atom is -0.243 e. The van der Waals surface area contributed by atoms with Crippen LogP contribution in [0.2, 0.25) is 0 Å². The lowest BCUT2D eigenvalue weighted by Crippen LogP contribution is -2.28. The molecule has 172 valence electrons. The van der Waals surface area contributed by atoms with Crippen LogP contribution in [-0.4, -0.2) is 25.7 Å². The van der Waals surface area contributed by atoms with E-state index in [1.807, 2.05) is 20.8 Å². The van der Waals surface area contributed by atoms with Crippen molar-refractivity contribution in [1.29, 1.82) is 0 Å². The summed E-state index contributed by atoms with van der Waals surface area (Å²) >= 11 is 1.17. The minimum absolute atomic E-state index is 0.0792. The van der Waals surface area contributed by atoms with Crippen LogP contribution in [0.15, 0.2) is 40.1 Å². The maximum Gasteiger partial charge on any atom is 0.433 e. The Balaban J connectivity index is 1.81. The van der Waals surface area contributed by atoms with E-state index in [1.54, 1.807) is 32.0 Å². The lowest BCUT2D eigenvalue weighted by Gasteiger charge is -2.19. The summed E-state index contributed by atoms with van der Waals surface area (Å²) in [5.74, 6) is 0.270. The number of para-hydroxylation sites is 1. The van der Waals surface area contributed by atoms with E-state index in [1.165, 1.54) is 17.8 Å². The molecular weight excluding hydrogens is 457 g/mol. The van der Waals surface area contributed by atoms with Crippen LogP contribution in [0.1, 0.15) is 33.5 Å². The fourth-order valence-corrected chi connectivity index (χ4v) is 6.39. The second-order valence-electron chi connectivity index (χ2n) is 7.72. The second kappa shape index (κ2) is 9.03. The van der Waals surface area contributed by atoms with Gasteiger partial charge in [0.05, 0.1) is 10.4 Å². The van der Waals surface area contributed by atoms with E-state index in [-0.39, 0.29) is 22.7 Å². The van der Waals surface area contributed by atoms with Crippen LogP contribution in [0.25, 0.3) is 10.9 Å². The highest BCUT2D eigenvalue weighted by molar-refractivity contribution is 7.99. The number of sulfonamides is 1. The van der Waals surface area contributed by atoms with Gasteiger partial charge in [-0.3, -0.25) is 0 Å². The Morgan fingerprint density at radius 3 is 2.09 bits per heavy atom. The van der Waals surface area contributed by atoms with Crippen molar-refractivity contribution in [3.63, 3.8) is 0 Å². The molecule has 0 saturated heterocycles. The fraction of sp³-hybridized carbons (Fsp3) is 0.348. The number of hydrogen-bond acceptors (Lipinski definition) is 4. The van der Waals surface area contributed by atoms with Crippen LogP contribution in [0.5, 0.6) is 0 Å². The molecule has 0 aliphatic carbocycles. The third-order valence-electron chi connectivity index (χ3n) is 5.82. The molecular formula is C23H25F3N2O2S2. The topological polar surface area (TPSA) is 59.1 Å². The van der Waals surface area contributed by atoms with Gasteiger partial charge in [0.15, 0.2) is 0 Å². The van der Waals surface area contributed by atoms with Gasteiger partial charge in [0.25, 0.3) is 0 Å². The largest absolute Gasteiger partial charge is 0.433 e. The van der Waals surface area contributed by atoms with E-state index in [9.17, 15) is 21.6 Å². The zero-order chi connectivity index (χ0) is 23.8. The molecule has 0 atom stereocenters. The normalized spacial score (nSPS) is 12.5. The number of benzene rings is 2. The molecule has 1 heterocycles. The van der Waals surface area contributed by atoms with Gasteiger partial charge in [0.2, 0.25) is 10.0 Å². The summed E-state index contributed by atoms with van der Waals surface area (Å²) in [6.45, 7) is 9.44. The summed E-state index contributed by atoms with van der Waals surface area (Å²) in [5.41, 5.74) is 3.65. The average molecular weight is 483 g/mol. The van der Waals surface area contributed by atoms with Crippen molar-refractivity contribution in [2.75, 3.05) is 12.3 Å². The number of hydrogen-bond donors (Lipinski definition) is 1. The van der Waals surface area contributed by atoms with Crippen molar-refractivity contribution >= 4 is 32.7 Å². The highest BCUT2D eigenvalue weighted by Crippen LogP contribution is 2.35. The first-order chi connectivity index (χ1) is 14.8. The van der Waals surface area contributed by atoms with Gasteiger partial charge in [-0.1, -0.05) is 18.2 Å². The van der Waals surface area contributed by atoms with E-state index in [4.69, 9.17) is 0 Å². The lowest BCUT2D eigenvalue weighted by atomic mass is 9.95. The van der Waals surface area contributed by atoms with Gasteiger partial charge in [-0.05, 0) is 74.6 Å². The summed E-state index contributed by atoms with van der Waals surface area (Å²) in [6.07, 6.45) is -4.56. The molecule has 0 fully saturated rings. The van der Waals surface area contributed by atoms with Gasteiger partial charge in [-0.2, -0.15) is 13.2 Å². The van der Waals surface area contributed by atoms with Crippen LogP contribution < -0.4 is 4.72 Å². The SMILES string of the molecule is Cc1c(C)c(C)c(S(=O)(=O)NCCSc2cc(C(F)(F)F)nc3ccccc23)c(C)c1C. The maximum atomic E-state index is 13.2. The second-order valence-corrected chi connectivity index (χ2v) is 10.6. The maximum absolute atomic E-state index is 13.2. The van der Waals surface area contributed by atoms with Crippen molar-refractivity contribution < 1.29 is 21.6 Å². The van der Waals surface area contributed by atoms with Crippen molar-refractivity contribution in [3.05, 3.63) is 63.8 Å². The van der Waals surface area contributed by atoms with Crippen molar-refractivity contribution in [2.24, 2.45) is 0 Å². The number of nitrogens with one attached hydrogen (secondary N) is 1. The van der Waals surface area contributed by atoms with Crippen LogP contribution in [0.3, 0.4) is 0 Å². The summed E-state index contributed by atoms with van der Waals surface area (Å²) in [5, 5.41) is 0.602. The zero-order valence-electron chi connectivity index (χ0n) is 18.5. The Kier molecular flexibility index (Phi) is 6.93. The van der Waals surface area contributed by atoms with Gasteiger partial charge < -0.3 is 0 Å². The Morgan fingerprint density at radius 2 is 1.50 bits per heavy atom. The van der Waals surface area contributed by atoms with E-state index < -0.39 is 21.9 Å². The van der Waals surface area contributed by atoms with Crippen LogP contribution in [-0.2, 0) is 16.2 Å². The lowest BCUT2D eigenvalue weighted by molar-refractivity contribution is -0.141. The first-order valence-electron chi connectivity index (χ1n) is 10.0. The molecule has 3 aromatic rings. The molecule has 1 N–H and O–H groups in total. The van der Waals surface area contributed by atoms with E-state index in [0.717, 1.165) is 22.8 Å². The first kappa shape index (κ1) is 24.5. The van der Waals surface area contributed by atoms with E-state index in [0.29, 0.717) is 21.4 Å². The molecule has 9 heteroatoms. The first-order valence-corrected chi connectivity index (χ1v) is 12.5. The van der Waals surface area contributed by atoms with Gasteiger partial charge in [-0.25, -0.2) is 18.1 Å². The molecule has 3 rings (SSSR count). The number of fused-ring (bicyclic) bond motifs is 1. The Labute approximate surface area is 190 Å². The molecule has 0 unspecified atom stereocenters. The number of nitrogens with zero attached hydrogens (tertiary/aromatic N) is 1. The predicted octanol–water partition coefficient (Wildman–Crippen LogP) is 5.87. The summed E-state index contributed by atoms with van der Waals surface area (Å²) in [7, 11) is -3.77. The number of aromatic nitrogens is 1. The summed E-state index contributed by atoms with van der Waals surface area (Å²) < 4.78 is 68.3. The van der Waals surface area contributed by atoms with Crippen LogP contribution in [0, 0.1) is 34.6 Å². The number of halogens is 3. The molecule has 0 amide bonds. The number of rotatable bonds is 6. The number of thioether (sulfide) groups is 1. The number of alkyl halides is 3. The highest BCUT2D eigenvalue weighted by atomic mass is 32.2. The van der Waals surface area contributed by atoms with E-state index in [2.05, 4.69) is 9.71 Å². The Hall–Kier alpha value is -2.10. The summed E-state index contributed by atoms with van der Waals surface area (Å²) in [4.78, 5) is 4.40. The van der Waals surface area contributed by atoms with Crippen LogP contribution in [0.4, 0.5) is 13.2 Å². The third kappa shape index (κ3) is 4.79. The molecule has 0 spiro atoms. The van der Waals surface area contributed by atoms with Crippen molar-refractivity contribution in [2.45, 2.75) is 50.6 Å². The molecule has 0 saturated carbocycles. The summed E-state index contributed by atoms with van der Waals surface area (Å²) in [6, 6.07) is 7.62. The molecule has 0 radical (unpaired) electrons. The molecule has 4 nitrogen and oxygen atoms in total. The average Bonchev–Trinajstić information content (AvgIpc) is 2.73.